The Morgan fingerprint density at radius 3 is 2.88 bits per heavy atom. The van der Waals surface area contributed by atoms with Crippen molar-refractivity contribution in [2.75, 3.05) is 13.1 Å². The fraction of sp³-hybridized carbons (Fsp3) is 0.615. The number of Topliss-reactive ketones (excluding diaryl/α,β-unsaturated/α-hetero) is 1. The first kappa shape index (κ1) is 11.8. The van der Waals surface area contributed by atoms with E-state index in [2.05, 4.69) is 29.1 Å². The highest BCUT2D eigenvalue weighted by molar-refractivity contribution is 7.07. The van der Waals surface area contributed by atoms with Gasteiger partial charge in [0.15, 0.2) is 0 Å². The molecule has 3 heteroatoms. The molecular formula is C13H19NOS. The molecule has 0 radical (unpaired) electrons. The Hall–Kier alpha value is -0.670. The van der Waals surface area contributed by atoms with Crippen LogP contribution in [0.3, 0.4) is 0 Å². The van der Waals surface area contributed by atoms with Gasteiger partial charge >= 0.3 is 0 Å². The highest BCUT2D eigenvalue weighted by Crippen LogP contribution is 2.30. The lowest BCUT2D eigenvalue weighted by Crippen LogP contribution is -2.40. The van der Waals surface area contributed by atoms with E-state index in [4.69, 9.17) is 0 Å². The van der Waals surface area contributed by atoms with Crippen LogP contribution in [0.1, 0.15) is 31.7 Å². The Balaban J connectivity index is 1.87. The summed E-state index contributed by atoms with van der Waals surface area (Å²) >= 11 is 1.70. The van der Waals surface area contributed by atoms with Crippen LogP contribution in [0.25, 0.3) is 0 Å². The fourth-order valence-corrected chi connectivity index (χ4v) is 2.96. The lowest BCUT2D eigenvalue weighted by atomic mass is 9.75. The Bertz CT molecular complexity index is 339. The summed E-state index contributed by atoms with van der Waals surface area (Å²) in [4.78, 5) is 12.2. The summed E-state index contributed by atoms with van der Waals surface area (Å²) in [5, 5.41) is 7.53. The van der Waals surface area contributed by atoms with Gasteiger partial charge in [-0.3, -0.25) is 4.79 Å². The zero-order chi connectivity index (χ0) is 11.4. The number of rotatable bonds is 4. The van der Waals surface area contributed by atoms with Crippen molar-refractivity contribution in [3.63, 3.8) is 0 Å². The zero-order valence-corrected chi connectivity index (χ0v) is 10.6. The van der Waals surface area contributed by atoms with Crippen molar-refractivity contribution in [3.05, 3.63) is 22.4 Å². The van der Waals surface area contributed by atoms with Crippen LogP contribution in [0.5, 0.6) is 0 Å². The number of ketones is 1. The van der Waals surface area contributed by atoms with Crippen LogP contribution in [-0.4, -0.2) is 18.9 Å². The van der Waals surface area contributed by atoms with Gasteiger partial charge in [-0.2, -0.15) is 11.3 Å². The van der Waals surface area contributed by atoms with Crippen LogP contribution in [0.2, 0.25) is 0 Å². The SMILES string of the molecule is CC1(C(=O)CCc2ccsc2)CCNCC1. The monoisotopic (exact) mass is 237 g/mol. The maximum atomic E-state index is 12.2. The summed E-state index contributed by atoms with van der Waals surface area (Å²) < 4.78 is 0. The Labute approximate surface area is 101 Å². The molecule has 1 aromatic rings. The van der Waals surface area contributed by atoms with Crippen molar-refractivity contribution >= 4 is 17.1 Å². The molecule has 2 rings (SSSR count). The van der Waals surface area contributed by atoms with Crippen LogP contribution in [0.15, 0.2) is 16.8 Å². The molecule has 2 heterocycles. The normalized spacial score (nSPS) is 19.6. The molecule has 0 atom stereocenters. The lowest BCUT2D eigenvalue weighted by molar-refractivity contribution is -0.129. The third-order valence-corrected chi connectivity index (χ3v) is 4.33. The third-order valence-electron chi connectivity index (χ3n) is 3.60. The molecule has 1 aliphatic heterocycles. The van der Waals surface area contributed by atoms with Gasteiger partial charge in [0.25, 0.3) is 0 Å². The van der Waals surface area contributed by atoms with E-state index < -0.39 is 0 Å². The molecule has 88 valence electrons. The van der Waals surface area contributed by atoms with Gasteiger partial charge in [0, 0.05) is 11.8 Å². The maximum Gasteiger partial charge on any atom is 0.139 e. The summed E-state index contributed by atoms with van der Waals surface area (Å²) in [6, 6.07) is 2.11. The van der Waals surface area contributed by atoms with Gasteiger partial charge in [-0.25, -0.2) is 0 Å². The summed E-state index contributed by atoms with van der Waals surface area (Å²) in [6.07, 6.45) is 3.60. The molecule has 0 aliphatic carbocycles. The summed E-state index contributed by atoms with van der Waals surface area (Å²) in [6.45, 7) is 4.10. The molecule has 1 saturated heterocycles. The van der Waals surface area contributed by atoms with Crippen molar-refractivity contribution in [1.29, 1.82) is 0 Å². The highest BCUT2D eigenvalue weighted by atomic mass is 32.1. The van der Waals surface area contributed by atoms with Crippen LogP contribution in [-0.2, 0) is 11.2 Å². The number of nitrogens with one attached hydrogen (secondary N) is 1. The predicted octanol–water partition coefficient (Wildman–Crippen LogP) is 2.64. The van der Waals surface area contributed by atoms with Crippen LogP contribution < -0.4 is 5.32 Å². The van der Waals surface area contributed by atoms with Gasteiger partial charge in [-0.05, 0) is 54.7 Å². The largest absolute Gasteiger partial charge is 0.317 e. The number of hydrogen-bond donors (Lipinski definition) is 1. The average molecular weight is 237 g/mol. The lowest BCUT2D eigenvalue weighted by Gasteiger charge is -2.32. The number of aryl methyl sites for hydroxylation is 1. The number of hydrogen-bond acceptors (Lipinski definition) is 3. The van der Waals surface area contributed by atoms with Crippen LogP contribution >= 0.6 is 11.3 Å². The van der Waals surface area contributed by atoms with E-state index >= 15 is 0 Å². The minimum atomic E-state index is -0.0682. The molecule has 2 nitrogen and oxygen atoms in total. The molecule has 0 saturated carbocycles. The van der Waals surface area contributed by atoms with Gasteiger partial charge in [0.2, 0.25) is 0 Å². The molecule has 16 heavy (non-hydrogen) atoms. The standard InChI is InChI=1S/C13H19NOS/c1-13(5-7-14-8-6-13)12(15)3-2-11-4-9-16-10-11/h4,9-10,14H,2-3,5-8H2,1H3. The smallest absolute Gasteiger partial charge is 0.139 e. The molecule has 1 aliphatic rings. The van der Waals surface area contributed by atoms with E-state index in [-0.39, 0.29) is 5.41 Å². The molecular weight excluding hydrogens is 218 g/mol. The Morgan fingerprint density at radius 2 is 2.25 bits per heavy atom. The van der Waals surface area contributed by atoms with Crippen molar-refractivity contribution in [2.45, 2.75) is 32.6 Å². The van der Waals surface area contributed by atoms with Crippen LogP contribution in [0.4, 0.5) is 0 Å². The van der Waals surface area contributed by atoms with Gasteiger partial charge < -0.3 is 5.32 Å². The van der Waals surface area contributed by atoms with Gasteiger partial charge in [0.1, 0.15) is 5.78 Å². The zero-order valence-electron chi connectivity index (χ0n) is 9.79. The van der Waals surface area contributed by atoms with E-state index in [0.717, 1.165) is 32.4 Å². The second-order valence-electron chi connectivity index (χ2n) is 4.87. The second-order valence-corrected chi connectivity index (χ2v) is 5.65. The van der Waals surface area contributed by atoms with E-state index in [0.29, 0.717) is 12.2 Å². The molecule has 1 aromatic heterocycles. The van der Waals surface area contributed by atoms with Crippen molar-refractivity contribution in [3.8, 4) is 0 Å². The van der Waals surface area contributed by atoms with Crippen LogP contribution in [0, 0.1) is 5.41 Å². The minimum absolute atomic E-state index is 0.0682. The van der Waals surface area contributed by atoms with Crippen molar-refractivity contribution in [1.82, 2.24) is 5.32 Å². The molecule has 1 N–H and O–H groups in total. The summed E-state index contributed by atoms with van der Waals surface area (Å²) in [5.41, 5.74) is 1.23. The second kappa shape index (κ2) is 5.11. The highest BCUT2D eigenvalue weighted by Gasteiger charge is 2.33. The number of piperidine rings is 1. The topological polar surface area (TPSA) is 29.1 Å². The van der Waals surface area contributed by atoms with E-state index in [9.17, 15) is 4.79 Å². The molecule has 0 bridgehead atoms. The first-order valence-corrected chi connectivity index (χ1v) is 6.90. The quantitative estimate of drug-likeness (QED) is 0.872. The molecule has 1 fully saturated rings. The van der Waals surface area contributed by atoms with Gasteiger partial charge in [-0.1, -0.05) is 6.92 Å². The number of carbonyl (C=O) groups excluding carboxylic acids is 1. The van der Waals surface area contributed by atoms with E-state index in [1.807, 2.05) is 0 Å². The number of thiophene rings is 1. The predicted molar refractivity (Wildman–Crippen MR) is 67.9 cm³/mol. The summed E-state index contributed by atoms with van der Waals surface area (Å²) in [7, 11) is 0. The fourth-order valence-electron chi connectivity index (χ4n) is 2.25. The van der Waals surface area contributed by atoms with Crippen molar-refractivity contribution < 1.29 is 4.79 Å². The maximum absolute atomic E-state index is 12.2. The van der Waals surface area contributed by atoms with E-state index in [1.165, 1.54) is 5.56 Å². The van der Waals surface area contributed by atoms with E-state index in [1.54, 1.807) is 11.3 Å². The summed E-state index contributed by atoms with van der Waals surface area (Å²) in [5.74, 6) is 0.445. The first-order chi connectivity index (χ1) is 7.71. The van der Waals surface area contributed by atoms with Gasteiger partial charge in [-0.15, -0.1) is 0 Å². The molecule has 0 aromatic carbocycles. The molecule has 0 unspecified atom stereocenters. The molecule has 0 amide bonds. The molecule has 0 spiro atoms. The minimum Gasteiger partial charge on any atom is -0.317 e. The van der Waals surface area contributed by atoms with Crippen molar-refractivity contribution in [2.24, 2.45) is 5.41 Å². The third kappa shape index (κ3) is 2.71. The Morgan fingerprint density at radius 1 is 1.50 bits per heavy atom. The van der Waals surface area contributed by atoms with Gasteiger partial charge in [0.05, 0.1) is 0 Å². The average Bonchev–Trinajstić information content (AvgIpc) is 2.79. The Kier molecular flexibility index (Phi) is 3.77. The first-order valence-electron chi connectivity index (χ1n) is 5.96. The number of carbonyl (C=O) groups is 1.